The Labute approximate surface area is 222 Å². The van der Waals surface area contributed by atoms with E-state index in [9.17, 15) is 14.4 Å². The number of hydrogen-bond donors (Lipinski definition) is 3. The molecule has 200 valence electrons. The first-order valence-electron chi connectivity index (χ1n) is 12.7. The van der Waals surface area contributed by atoms with Crippen molar-refractivity contribution in [1.29, 1.82) is 0 Å². The second kappa shape index (κ2) is 11.4. The molecule has 2 aliphatic rings. The molecule has 0 spiro atoms. The van der Waals surface area contributed by atoms with Crippen LogP contribution in [-0.4, -0.2) is 66.5 Å². The quantitative estimate of drug-likeness (QED) is 0.453. The van der Waals surface area contributed by atoms with E-state index in [1.54, 1.807) is 43.3 Å². The molecule has 1 aliphatic carbocycles. The molecule has 11 heteroatoms. The van der Waals surface area contributed by atoms with Crippen LogP contribution >= 0.6 is 0 Å². The third kappa shape index (κ3) is 5.20. The van der Waals surface area contributed by atoms with E-state index in [1.165, 1.54) is 7.11 Å². The summed E-state index contributed by atoms with van der Waals surface area (Å²) in [5.74, 6) is 6.07. The zero-order valence-corrected chi connectivity index (χ0v) is 22.3. The second-order valence-corrected chi connectivity index (χ2v) is 9.20. The average Bonchev–Trinajstić information content (AvgIpc) is 2.88. The molecule has 1 atom stereocenters. The molecule has 2 aromatic rings. The van der Waals surface area contributed by atoms with Crippen LogP contribution in [0.4, 0.5) is 23.1 Å². The van der Waals surface area contributed by atoms with Gasteiger partial charge in [-0.05, 0) is 57.2 Å². The molecule has 0 unspecified atom stereocenters. The zero-order valence-electron chi connectivity index (χ0n) is 22.3. The van der Waals surface area contributed by atoms with Crippen molar-refractivity contribution >= 4 is 40.9 Å². The van der Waals surface area contributed by atoms with Gasteiger partial charge in [-0.2, -0.15) is 4.98 Å². The van der Waals surface area contributed by atoms with Crippen LogP contribution < -0.4 is 30.5 Å². The van der Waals surface area contributed by atoms with Crippen molar-refractivity contribution in [3.63, 3.8) is 0 Å². The first kappa shape index (κ1) is 26.7. The molecule has 0 radical (unpaired) electrons. The van der Waals surface area contributed by atoms with Crippen molar-refractivity contribution in [2.75, 3.05) is 35.8 Å². The van der Waals surface area contributed by atoms with Crippen LogP contribution in [0.5, 0.6) is 5.75 Å². The van der Waals surface area contributed by atoms with Crippen molar-refractivity contribution in [2.24, 2.45) is 0 Å². The zero-order chi connectivity index (χ0) is 27.4. The highest BCUT2D eigenvalue weighted by molar-refractivity contribution is 6.04. The van der Waals surface area contributed by atoms with Gasteiger partial charge < -0.3 is 30.5 Å². The van der Waals surface area contributed by atoms with Crippen LogP contribution in [0.15, 0.2) is 24.4 Å². The Morgan fingerprint density at radius 3 is 2.66 bits per heavy atom. The topological polar surface area (TPSA) is 129 Å². The summed E-state index contributed by atoms with van der Waals surface area (Å²) in [5.41, 5.74) is 1.70. The molecule has 0 bridgehead atoms. The van der Waals surface area contributed by atoms with E-state index in [-0.39, 0.29) is 35.8 Å². The molecule has 11 nitrogen and oxygen atoms in total. The fourth-order valence-corrected chi connectivity index (χ4v) is 4.85. The van der Waals surface area contributed by atoms with Crippen molar-refractivity contribution < 1.29 is 19.1 Å². The molecule has 1 saturated carbocycles. The van der Waals surface area contributed by atoms with E-state index in [0.717, 1.165) is 0 Å². The van der Waals surface area contributed by atoms with Gasteiger partial charge in [-0.15, -0.1) is 0 Å². The Balaban J connectivity index is 1.61. The molecular formula is C27H33N7O4. The van der Waals surface area contributed by atoms with Gasteiger partial charge in [0.15, 0.2) is 5.82 Å². The first-order valence-corrected chi connectivity index (χ1v) is 12.7. The number of ether oxygens (including phenoxy) is 1. The van der Waals surface area contributed by atoms with E-state index in [1.807, 2.05) is 13.8 Å². The fraction of sp³-hybridized carbons (Fsp3) is 0.444. The number of anilines is 4. The lowest BCUT2D eigenvalue weighted by molar-refractivity contribution is -0.121. The van der Waals surface area contributed by atoms with E-state index < -0.39 is 0 Å². The minimum atomic E-state index is -0.377. The molecule has 1 aromatic heterocycles. The maximum absolute atomic E-state index is 13.2. The minimum absolute atomic E-state index is 0.00354. The Kier molecular flexibility index (Phi) is 8.00. The highest BCUT2D eigenvalue weighted by Gasteiger charge is 2.45. The third-order valence-electron chi connectivity index (χ3n) is 6.82. The summed E-state index contributed by atoms with van der Waals surface area (Å²) in [7, 11) is 3.26. The van der Waals surface area contributed by atoms with E-state index >= 15 is 0 Å². The van der Waals surface area contributed by atoms with Crippen LogP contribution in [0, 0.1) is 11.8 Å². The Hall–Kier alpha value is -4.33. The first-order chi connectivity index (χ1) is 18.3. The maximum Gasteiger partial charge on any atom is 0.296 e. The summed E-state index contributed by atoms with van der Waals surface area (Å²) in [6.07, 6.45) is 3.61. The highest BCUT2D eigenvalue weighted by Crippen LogP contribution is 2.41. The normalized spacial score (nSPS) is 19.9. The molecule has 3 N–H and O–H groups in total. The number of likely N-dealkylation sites (N-methyl/N-ethyl adjacent to an activating group) is 1. The predicted octanol–water partition coefficient (Wildman–Crippen LogP) is 2.21. The molecule has 2 heterocycles. The Morgan fingerprint density at radius 2 is 2.00 bits per heavy atom. The van der Waals surface area contributed by atoms with Gasteiger partial charge in [-0.25, -0.2) is 4.98 Å². The lowest BCUT2D eigenvalue weighted by Gasteiger charge is -2.49. The van der Waals surface area contributed by atoms with Crippen LogP contribution in [0.1, 0.15) is 50.4 Å². The van der Waals surface area contributed by atoms with E-state index in [4.69, 9.17) is 9.72 Å². The highest BCUT2D eigenvalue weighted by atomic mass is 16.5. The molecule has 3 amide bonds. The number of methoxy groups -OCH3 is 1. The molecule has 38 heavy (non-hydrogen) atoms. The van der Waals surface area contributed by atoms with Crippen LogP contribution in [-0.2, 0) is 9.59 Å². The smallest absolute Gasteiger partial charge is 0.296 e. The molecule has 1 aliphatic heterocycles. The van der Waals surface area contributed by atoms with E-state index in [0.29, 0.717) is 60.3 Å². The largest absolute Gasteiger partial charge is 0.495 e. The molecule has 1 fully saturated rings. The number of nitrogens with one attached hydrogen (secondary N) is 3. The van der Waals surface area contributed by atoms with Crippen LogP contribution in [0.3, 0.4) is 0 Å². The molecular weight excluding hydrogens is 486 g/mol. The number of aromatic nitrogens is 2. The van der Waals surface area contributed by atoms with Gasteiger partial charge in [0.25, 0.3) is 11.8 Å². The van der Waals surface area contributed by atoms with Crippen molar-refractivity contribution in [3.05, 3.63) is 30.0 Å². The molecule has 1 aromatic carbocycles. The fourth-order valence-electron chi connectivity index (χ4n) is 4.85. The summed E-state index contributed by atoms with van der Waals surface area (Å²) in [6, 6.07) is 4.75. The van der Waals surface area contributed by atoms with E-state index in [2.05, 4.69) is 37.7 Å². The monoisotopic (exact) mass is 519 g/mol. The van der Waals surface area contributed by atoms with Crippen LogP contribution in [0.2, 0.25) is 0 Å². The van der Waals surface area contributed by atoms with Gasteiger partial charge in [0.05, 0.1) is 19.0 Å². The van der Waals surface area contributed by atoms with Gasteiger partial charge in [-0.3, -0.25) is 14.4 Å². The Morgan fingerprint density at radius 1 is 1.24 bits per heavy atom. The summed E-state index contributed by atoms with van der Waals surface area (Å²) in [6.45, 7) is 5.99. The third-order valence-corrected chi connectivity index (χ3v) is 6.82. The number of rotatable bonds is 8. The van der Waals surface area contributed by atoms with Crippen LogP contribution in [0.25, 0.3) is 0 Å². The number of nitrogens with zero attached hydrogens (tertiary/aromatic N) is 4. The van der Waals surface area contributed by atoms with Crippen molar-refractivity contribution in [2.45, 2.75) is 58.2 Å². The van der Waals surface area contributed by atoms with Gasteiger partial charge in [-0.1, -0.05) is 12.8 Å². The summed E-state index contributed by atoms with van der Waals surface area (Å²) >= 11 is 0. The van der Waals surface area contributed by atoms with Crippen molar-refractivity contribution in [3.8, 4) is 17.6 Å². The number of carbonyl (C=O) groups excluding carboxylic acids is 3. The average molecular weight is 520 g/mol. The van der Waals surface area contributed by atoms with Gasteiger partial charge in [0.2, 0.25) is 11.9 Å². The van der Waals surface area contributed by atoms with Gasteiger partial charge in [0.1, 0.15) is 17.5 Å². The van der Waals surface area contributed by atoms with Crippen molar-refractivity contribution in [1.82, 2.24) is 20.6 Å². The lowest BCUT2D eigenvalue weighted by Crippen LogP contribution is -2.62. The number of amides is 3. The number of fused-ring (bicyclic) bond motifs is 1. The summed E-state index contributed by atoms with van der Waals surface area (Å²) < 4.78 is 5.51. The summed E-state index contributed by atoms with van der Waals surface area (Å²) in [5, 5.41) is 8.88. The standard InChI is InChI=1S/C27H33N7O4/c1-6-9-23(35)30-17-13-18(14-17)34-20(7-2)26(37)33(4)21-15-29-27(32-24(21)34)31-19-11-10-16(12-22(19)38-5)25(36)28-8-3/h10-12,15,17-18,20H,7-8,13-14H2,1-5H3,(H,28,36)(H,30,35)(H,29,31,32)/t17?,18?,20-/m1/s1. The molecule has 0 saturated heterocycles. The maximum atomic E-state index is 13.2. The summed E-state index contributed by atoms with van der Waals surface area (Å²) in [4.78, 5) is 50.2. The minimum Gasteiger partial charge on any atom is -0.495 e. The Bertz CT molecular complexity index is 1300. The lowest BCUT2D eigenvalue weighted by atomic mass is 9.83. The molecule has 4 rings (SSSR count). The van der Waals surface area contributed by atoms with Gasteiger partial charge in [0, 0.05) is 31.2 Å². The SMILES string of the molecule is CC#CC(=O)NC1CC(N2c3nc(Nc4ccc(C(=O)NCC)cc4OC)ncc3N(C)C(=O)[C@H]2CC)C1. The van der Waals surface area contributed by atoms with Gasteiger partial charge >= 0.3 is 0 Å². The predicted molar refractivity (Wildman–Crippen MR) is 145 cm³/mol. The second-order valence-electron chi connectivity index (χ2n) is 9.20. The number of hydrogen-bond acceptors (Lipinski definition) is 8. The number of carbonyl (C=O) groups is 3. The number of benzene rings is 1.